The van der Waals surface area contributed by atoms with Crippen molar-refractivity contribution in [2.75, 3.05) is 13.1 Å². The van der Waals surface area contributed by atoms with E-state index in [4.69, 9.17) is 4.74 Å². The molecule has 3 aromatic rings. The third-order valence-corrected chi connectivity index (χ3v) is 6.46. The molecule has 0 N–H and O–H groups in total. The third-order valence-electron chi connectivity index (χ3n) is 6.46. The lowest BCUT2D eigenvalue weighted by molar-refractivity contribution is -0.134. The van der Waals surface area contributed by atoms with Crippen molar-refractivity contribution in [2.24, 2.45) is 5.92 Å². The minimum absolute atomic E-state index is 0. The average molecular weight is 437 g/mol. The van der Waals surface area contributed by atoms with E-state index in [1.807, 2.05) is 11.1 Å². The summed E-state index contributed by atoms with van der Waals surface area (Å²) in [5.74, 6) is 1.58. The highest BCUT2D eigenvalue weighted by molar-refractivity contribution is 5.91. The fourth-order valence-electron chi connectivity index (χ4n) is 4.40. The normalized spacial score (nSPS) is 16.8. The fourth-order valence-corrected chi connectivity index (χ4v) is 4.40. The van der Waals surface area contributed by atoms with E-state index in [1.165, 1.54) is 27.5 Å². The molecule has 31 heavy (non-hydrogen) atoms. The molecule has 1 amide bonds. The maximum atomic E-state index is 12.2. The molecule has 2 heterocycles. The topological polar surface area (TPSA) is 42.4 Å². The van der Waals surface area contributed by atoms with Gasteiger partial charge in [0.15, 0.2) is 0 Å². The monoisotopic (exact) mass is 436 g/mol. The standard InChI is InChI=1S/C26H28N2O2.ClH/c1-17-16-27-18(2)24-10-7-21(15-25(17)24)19-5-8-22(9-6-19)30-23-11-13-28(14-12-23)26(29)20-3-4-20;/h5-10,15-16,20,23H,3-4,11-14H2,1-2H3;1H. The van der Waals surface area contributed by atoms with Gasteiger partial charge in [0.2, 0.25) is 5.91 Å². The third kappa shape index (κ3) is 4.54. The molecule has 1 saturated carbocycles. The molecule has 2 aromatic carbocycles. The van der Waals surface area contributed by atoms with Gasteiger partial charge in [-0.25, -0.2) is 0 Å². The van der Waals surface area contributed by atoms with Crippen molar-refractivity contribution in [1.82, 2.24) is 9.88 Å². The molecule has 5 rings (SSSR count). The van der Waals surface area contributed by atoms with Gasteiger partial charge in [0.05, 0.1) is 0 Å². The van der Waals surface area contributed by atoms with Crippen LogP contribution in [0.5, 0.6) is 5.75 Å². The van der Waals surface area contributed by atoms with Crippen LogP contribution in [-0.2, 0) is 4.79 Å². The van der Waals surface area contributed by atoms with Crippen LogP contribution in [0.2, 0.25) is 0 Å². The Morgan fingerprint density at radius 2 is 1.61 bits per heavy atom. The van der Waals surface area contributed by atoms with E-state index >= 15 is 0 Å². The van der Waals surface area contributed by atoms with Gasteiger partial charge >= 0.3 is 0 Å². The quantitative estimate of drug-likeness (QED) is 0.525. The predicted molar refractivity (Wildman–Crippen MR) is 127 cm³/mol. The number of fused-ring (bicyclic) bond motifs is 1. The highest BCUT2D eigenvalue weighted by Crippen LogP contribution is 2.33. The first-order valence-corrected chi connectivity index (χ1v) is 11.0. The molecule has 2 aliphatic rings. The van der Waals surface area contributed by atoms with Gasteiger partial charge in [0.25, 0.3) is 0 Å². The highest BCUT2D eigenvalue weighted by atomic mass is 35.5. The summed E-state index contributed by atoms with van der Waals surface area (Å²) >= 11 is 0. The Bertz CT molecular complexity index is 1080. The lowest BCUT2D eigenvalue weighted by Crippen LogP contribution is -2.42. The Morgan fingerprint density at radius 1 is 0.935 bits per heavy atom. The number of pyridine rings is 1. The van der Waals surface area contributed by atoms with Crippen molar-refractivity contribution in [2.45, 2.75) is 45.6 Å². The Labute approximate surface area is 190 Å². The zero-order valence-corrected chi connectivity index (χ0v) is 19.0. The summed E-state index contributed by atoms with van der Waals surface area (Å²) in [5.41, 5.74) is 4.65. The molecule has 162 valence electrons. The average Bonchev–Trinajstić information content (AvgIpc) is 3.62. The largest absolute Gasteiger partial charge is 0.490 e. The number of aromatic nitrogens is 1. The molecule has 0 bridgehead atoms. The van der Waals surface area contributed by atoms with Gasteiger partial charge in [0, 0.05) is 49.1 Å². The number of hydrogen-bond acceptors (Lipinski definition) is 3. The van der Waals surface area contributed by atoms with Crippen molar-refractivity contribution in [3.63, 3.8) is 0 Å². The number of rotatable bonds is 4. The Kier molecular flexibility index (Phi) is 6.19. The summed E-state index contributed by atoms with van der Waals surface area (Å²) in [7, 11) is 0. The van der Waals surface area contributed by atoms with E-state index < -0.39 is 0 Å². The molecule has 0 atom stereocenters. The van der Waals surface area contributed by atoms with Crippen molar-refractivity contribution in [3.8, 4) is 16.9 Å². The number of amides is 1. The molecule has 2 fully saturated rings. The first-order valence-electron chi connectivity index (χ1n) is 11.0. The second-order valence-electron chi connectivity index (χ2n) is 8.73. The number of hydrogen-bond donors (Lipinski definition) is 0. The Hall–Kier alpha value is -2.59. The molecular weight excluding hydrogens is 408 g/mol. The van der Waals surface area contributed by atoms with E-state index in [0.29, 0.717) is 11.8 Å². The Balaban J connectivity index is 0.00000231. The van der Waals surface area contributed by atoms with Crippen molar-refractivity contribution >= 4 is 29.1 Å². The molecule has 1 aliphatic carbocycles. The molecule has 1 aliphatic heterocycles. The van der Waals surface area contributed by atoms with Crippen molar-refractivity contribution < 1.29 is 9.53 Å². The lowest BCUT2D eigenvalue weighted by atomic mass is 9.99. The lowest BCUT2D eigenvalue weighted by Gasteiger charge is -2.32. The van der Waals surface area contributed by atoms with Crippen LogP contribution in [0.15, 0.2) is 48.7 Å². The predicted octanol–water partition coefficient (Wildman–Crippen LogP) is 5.72. The second kappa shape index (κ2) is 8.88. The number of nitrogens with zero attached hydrogens (tertiary/aromatic N) is 2. The molecule has 5 heteroatoms. The first-order chi connectivity index (χ1) is 14.6. The minimum atomic E-state index is 0. The molecule has 4 nitrogen and oxygen atoms in total. The Morgan fingerprint density at radius 3 is 2.29 bits per heavy atom. The number of carbonyl (C=O) groups excluding carboxylic acids is 1. The number of aryl methyl sites for hydroxylation is 2. The number of halogens is 1. The smallest absolute Gasteiger partial charge is 0.225 e. The van der Waals surface area contributed by atoms with Gasteiger partial charge < -0.3 is 9.64 Å². The minimum Gasteiger partial charge on any atom is -0.490 e. The van der Waals surface area contributed by atoms with E-state index in [0.717, 1.165) is 50.2 Å². The summed E-state index contributed by atoms with van der Waals surface area (Å²) in [4.78, 5) is 18.7. The van der Waals surface area contributed by atoms with Gasteiger partial charge in [-0.3, -0.25) is 9.78 Å². The van der Waals surface area contributed by atoms with Crippen LogP contribution in [0.25, 0.3) is 21.9 Å². The first kappa shape index (κ1) is 21.6. The highest BCUT2D eigenvalue weighted by Gasteiger charge is 2.35. The van der Waals surface area contributed by atoms with Crippen LogP contribution in [-0.4, -0.2) is 35.0 Å². The maximum absolute atomic E-state index is 12.2. The SMILES string of the molecule is Cc1cnc(C)c2ccc(-c3ccc(OC4CCN(C(=O)C5CC5)CC4)cc3)cc12.Cl. The van der Waals surface area contributed by atoms with Crippen LogP contribution in [0.1, 0.15) is 36.9 Å². The summed E-state index contributed by atoms with van der Waals surface area (Å²) in [6.45, 7) is 5.81. The zero-order valence-electron chi connectivity index (χ0n) is 18.1. The summed E-state index contributed by atoms with van der Waals surface area (Å²) in [6, 6.07) is 15.0. The molecule has 1 aromatic heterocycles. The van der Waals surface area contributed by atoms with Gasteiger partial charge in [-0.05, 0) is 67.0 Å². The fraction of sp³-hybridized carbons (Fsp3) is 0.385. The number of carbonyl (C=O) groups is 1. The van der Waals surface area contributed by atoms with Crippen molar-refractivity contribution in [1.29, 1.82) is 0 Å². The van der Waals surface area contributed by atoms with E-state index in [-0.39, 0.29) is 18.5 Å². The van der Waals surface area contributed by atoms with E-state index in [1.54, 1.807) is 0 Å². The second-order valence-corrected chi connectivity index (χ2v) is 8.73. The zero-order chi connectivity index (χ0) is 20.7. The van der Waals surface area contributed by atoms with Crippen LogP contribution in [0, 0.1) is 19.8 Å². The van der Waals surface area contributed by atoms with Crippen LogP contribution >= 0.6 is 12.4 Å². The van der Waals surface area contributed by atoms with Crippen LogP contribution in [0.3, 0.4) is 0 Å². The number of likely N-dealkylation sites (tertiary alicyclic amines) is 1. The summed E-state index contributed by atoms with van der Waals surface area (Å²) in [5, 5.41) is 2.47. The molecule has 0 unspecified atom stereocenters. The van der Waals surface area contributed by atoms with E-state index in [2.05, 4.69) is 61.3 Å². The van der Waals surface area contributed by atoms with Crippen molar-refractivity contribution in [3.05, 3.63) is 59.9 Å². The number of ether oxygens (including phenoxy) is 1. The van der Waals surface area contributed by atoms with Gasteiger partial charge in [-0.2, -0.15) is 0 Å². The van der Waals surface area contributed by atoms with Crippen LogP contribution in [0.4, 0.5) is 0 Å². The van der Waals surface area contributed by atoms with Crippen LogP contribution < -0.4 is 4.74 Å². The molecule has 0 spiro atoms. The van der Waals surface area contributed by atoms with Gasteiger partial charge in [-0.1, -0.05) is 24.3 Å². The molecular formula is C26H29ClN2O2. The molecule has 1 saturated heterocycles. The van der Waals surface area contributed by atoms with Gasteiger partial charge in [-0.15, -0.1) is 12.4 Å². The maximum Gasteiger partial charge on any atom is 0.225 e. The van der Waals surface area contributed by atoms with Gasteiger partial charge in [0.1, 0.15) is 11.9 Å². The molecule has 0 radical (unpaired) electrons. The number of piperidine rings is 1. The van der Waals surface area contributed by atoms with E-state index in [9.17, 15) is 4.79 Å². The number of benzene rings is 2. The summed E-state index contributed by atoms with van der Waals surface area (Å²) in [6.07, 6.45) is 6.12. The summed E-state index contributed by atoms with van der Waals surface area (Å²) < 4.78 is 6.21.